The van der Waals surface area contributed by atoms with Crippen LogP contribution >= 0.6 is 0 Å². The third-order valence-electron chi connectivity index (χ3n) is 4.06. The molecule has 0 saturated heterocycles. The van der Waals surface area contributed by atoms with Crippen molar-refractivity contribution < 1.29 is 18.3 Å². The summed E-state index contributed by atoms with van der Waals surface area (Å²) in [5.41, 5.74) is -0.299. The Hall–Kier alpha value is -1.56. The zero-order valence-electron chi connectivity index (χ0n) is 10.8. The minimum atomic E-state index is -4.48. The summed E-state index contributed by atoms with van der Waals surface area (Å²) in [6.07, 6.45) is 0.697. The van der Waals surface area contributed by atoms with Gasteiger partial charge in [0, 0.05) is 0 Å². The number of aliphatic hydroxyl groups excluding tert-OH is 1. The van der Waals surface area contributed by atoms with Crippen LogP contribution in [-0.2, 0) is 6.18 Å². The van der Waals surface area contributed by atoms with Gasteiger partial charge in [0.05, 0.1) is 35.4 Å². The number of imidazole rings is 1. The molecule has 1 atom stereocenters. The fourth-order valence-electron chi connectivity index (χ4n) is 3.05. The summed E-state index contributed by atoms with van der Waals surface area (Å²) in [6, 6.07) is 2.41. The zero-order chi connectivity index (χ0) is 14.3. The zero-order valence-corrected chi connectivity index (χ0v) is 10.8. The summed E-state index contributed by atoms with van der Waals surface area (Å²) < 4.78 is 40.9. The predicted octanol–water partition coefficient (Wildman–Crippen LogP) is 3.58. The van der Waals surface area contributed by atoms with Crippen LogP contribution in [0.2, 0.25) is 0 Å². The number of fused-ring (bicyclic) bond motifs is 1. The van der Waals surface area contributed by atoms with E-state index in [1.54, 1.807) is 0 Å². The molecule has 2 aromatic heterocycles. The van der Waals surface area contributed by atoms with Crippen LogP contribution < -0.4 is 0 Å². The second-order valence-electron chi connectivity index (χ2n) is 5.31. The molecule has 6 heteroatoms. The maximum absolute atomic E-state index is 13.2. The number of hydrogen-bond donors (Lipinski definition) is 1. The summed E-state index contributed by atoms with van der Waals surface area (Å²) in [5.74, 6) is -0.107. The summed E-state index contributed by atoms with van der Waals surface area (Å²) >= 11 is 0. The predicted molar refractivity (Wildman–Crippen MR) is 67.1 cm³/mol. The third-order valence-corrected chi connectivity index (χ3v) is 4.06. The van der Waals surface area contributed by atoms with E-state index in [-0.39, 0.29) is 11.6 Å². The minimum Gasteiger partial charge on any atom is -0.387 e. The van der Waals surface area contributed by atoms with Crippen molar-refractivity contribution in [3.05, 3.63) is 35.9 Å². The number of aromatic nitrogens is 2. The Bertz CT molecular complexity index is 614. The van der Waals surface area contributed by atoms with Gasteiger partial charge in [0.2, 0.25) is 0 Å². The van der Waals surface area contributed by atoms with Gasteiger partial charge in [-0.1, -0.05) is 12.8 Å². The quantitative estimate of drug-likeness (QED) is 0.915. The number of aliphatic hydroxyl groups is 1. The standard InChI is InChI=1S/C14H15F3N2O/c15-14(16,17)11-6-5-10-7-18-8-19(10)12(11)13(20)9-3-1-2-4-9/h5-9,13,20H,1-4H2. The van der Waals surface area contributed by atoms with E-state index >= 15 is 0 Å². The molecule has 2 aromatic rings. The first-order valence-electron chi connectivity index (χ1n) is 6.68. The Labute approximate surface area is 114 Å². The van der Waals surface area contributed by atoms with Crippen molar-refractivity contribution in [2.24, 2.45) is 5.92 Å². The molecule has 1 unspecified atom stereocenters. The van der Waals surface area contributed by atoms with Gasteiger partial charge in [-0.15, -0.1) is 0 Å². The minimum absolute atomic E-state index is 0.0839. The van der Waals surface area contributed by atoms with Crippen molar-refractivity contribution in [3.63, 3.8) is 0 Å². The first-order chi connectivity index (χ1) is 9.48. The molecule has 20 heavy (non-hydrogen) atoms. The summed E-state index contributed by atoms with van der Waals surface area (Å²) in [7, 11) is 0. The van der Waals surface area contributed by atoms with Crippen LogP contribution in [-0.4, -0.2) is 14.5 Å². The lowest BCUT2D eigenvalue weighted by Gasteiger charge is -2.23. The highest BCUT2D eigenvalue weighted by atomic mass is 19.4. The van der Waals surface area contributed by atoms with Crippen LogP contribution in [0.1, 0.15) is 43.0 Å². The van der Waals surface area contributed by atoms with Gasteiger partial charge in [-0.05, 0) is 30.9 Å². The fraction of sp³-hybridized carbons (Fsp3) is 0.500. The van der Waals surface area contributed by atoms with Crippen LogP contribution in [0.5, 0.6) is 0 Å². The lowest BCUT2D eigenvalue weighted by atomic mass is 9.94. The molecule has 1 saturated carbocycles. The molecule has 1 aliphatic carbocycles. The van der Waals surface area contributed by atoms with E-state index in [4.69, 9.17) is 0 Å². The van der Waals surface area contributed by atoms with Gasteiger partial charge in [0.1, 0.15) is 0 Å². The van der Waals surface area contributed by atoms with E-state index in [1.807, 2.05) is 0 Å². The normalized spacial score (nSPS) is 18.8. The monoisotopic (exact) mass is 284 g/mol. The van der Waals surface area contributed by atoms with Crippen LogP contribution in [0.3, 0.4) is 0 Å². The van der Waals surface area contributed by atoms with E-state index in [0.717, 1.165) is 31.7 Å². The van der Waals surface area contributed by atoms with Gasteiger partial charge in [-0.3, -0.25) is 4.40 Å². The van der Waals surface area contributed by atoms with Crippen LogP contribution in [0.15, 0.2) is 24.7 Å². The van der Waals surface area contributed by atoms with Gasteiger partial charge >= 0.3 is 6.18 Å². The van der Waals surface area contributed by atoms with Crippen molar-refractivity contribution in [1.29, 1.82) is 0 Å². The Morgan fingerprint density at radius 1 is 1.25 bits per heavy atom. The second kappa shape index (κ2) is 4.77. The Morgan fingerprint density at radius 3 is 2.60 bits per heavy atom. The number of pyridine rings is 1. The first kappa shape index (κ1) is 13.4. The highest BCUT2D eigenvalue weighted by Gasteiger charge is 2.38. The van der Waals surface area contributed by atoms with E-state index in [9.17, 15) is 18.3 Å². The van der Waals surface area contributed by atoms with Gasteiger partial charge in [-0.2, -0.15) is 13.2 Å². The average molecular weight is 284 g/mol. The summed E-state index contributed by atoms with van der Waals surface area (Å²) in [5, 5.41) is 10.4. The molecule has 0 amide bonds. The number of halogens is 3. The number of alkyl halides is 3. The fourth-order valence-corrected chi connectivity index (χ4v) is 3.05. The van der Waals surface area contributed by atoms with Crippen LogP contribution in [0.25, 0.3) is 5.52 Å². The molecule has 3 rings (SSSR count). The highest BCUT2D eigenvalue weighted by Crippen LogP contribution is 2.41. The molecule has 3 nitrogen and oxygen atoms in total. The van der Waals surface area contributed by atoms with Gasteiger partial charge in [0.25, 0.3) is 0 Å². The molecule has 0 radical (unpaired) electrons. The molecule has 1 aliphatic rings. The molecule has 0 bridgehead atoms. The maximum atomic E-state index is 13.2. The smallest absolute Gasteiger partial charge is 0.387 e. The Morgan fingerprint density at radius 2 is 1.95 bits per heavy atom. The van der Waals surface area contributed by atoms with Gasteiger partial charge in [-0.25, -0.2) is 4.98 Å². The lowest BCUT2D eigenvalue weighted by Crippen LogP contribution is -2.20. The molecule has 1 fully saturated rings. The molecule has 1 N–H and O–H groups in total. The van der Waals surface area contributed by atoms with Crippen molar-refractivity contribution in [1.82, 2.24) is 9.38 Å². The van der Waals surface area contributed by atoms with E-state index in [2.05, 4.69) is 4.98 Å². The largest absolute Gasteiger partial charge is 0.418 e. The number of rotatable bonds is 2. The molecule has 0 aromatic carbocycles. The topological polar surface area (TPSA) is 37.5 Å². The molecule has 0 spiro atoms. The molecule has 108 valence electrons. The second-order valence-corrected chi connectivity index (χ2v) is 5.31. The lowest BCUT2D eigenvalue weighted by molar-refractivity contribution is -0.140. The van der Waals surface area contributed by atoms with Crippen molar-refractivity contribution in [3.8, 4) is 0 Å². The van der Waals surface area contributed by atoms with Crippen LogP contribution in [0.4, 0.5) is 13.2 Å². The van der Waals surface area contributed by atoms with Crippen molar-refractivity contribution >= 4 is 5.52 Å². The maximum Gasteiger partial charge on any atom is 0.418 e. The summed E-state index contributed by atoms with van der Waals surface area (Å²) in [4.78, 5) is 3.88. The van der Waals surface area contributed by atoms with Crippen molar-refractivity contribution in [2.45, 2.75) is 38.0 Å². The Balaban J connectivity index is 2.16. The van der Waals surface area contributed by atoms with Crippen LogP contribution in [0, 0.1) is 5.92 Å². The highest BCUT2D eigenvalue weighted by molar-refractivity contribution is 5.49. The molecular weight excluding hydrogens is 269 g/mol. The SMILES string of the molecule is OC(c1c(C(F)(F)F)ccc2cncn12)C1CCCC1. The average Bonchev–Trinajstić information content (AvgIpc) is 3.06. The Kier molecular flexibility index (Phi) is 3.20. The molecular formula is C14H15F3N2O. The molecule has 2 heterocycles. The van der Waals surface area contributed by atoms with Gasteiger partial charge in [0.15, 0.2) is 0 Å². The van der Waals surface area contributed by atoms with Crippen molar-refractivity contribution in [2.75, 3.05) is 0 Å². The van der Waals surface area contributed by atoms with E-state index in [0.29, 0.717) is 5.52 Å². The number of nitrogens with zero attached hydrogens (tertiary/aromatic N) is 2. The number of hydrogen-bond acceptors (Lipinski definition) is 2. The third kappa shape index (κ3) is 2.18. The van der Waals surface area contributed by atoms with E-state index < -0.39 is 17.8 Å². The van der Waals surface area contributed by atoms with E-state index in [1.165, 1.54) is 23.0 Å². The molecule has 0 aliphatic heterocycles. The van der Waals surface area contributed by atoms with Gasteiger partial charge < -0.3 is 5.11 Å². The first-order valence-corrected chi connectivity index (χ1v) is 6.68. The summed E-state index contributed by atoms with van der Waals surface area (Å²) in [6.45, 7) is 0.